The van der Waals surface area contributed by atoms with E-state index in [1.807, 2.05) is 6.08 Å². The van der Waals surface area contributed by atoms with Gasteiger partial charge in [-0.05, 0) is 12.6 Å². The van der Waals surface area contributed by atoms with Gasteiger partial charge in [0.05, 0.1) is 0 Å². The van der Waals surface area contributed by atoms with Crippen molar-refractivity contribution in [2.75, 3.05) is 0 Å². The monoisotopic (exact) mass is 243 g/mol. The molecule has 0 atom stereocenters. The highest BCUT2D eigenvalue weighted by molar-refractivity contribution is 5.87. The predicted octanol–water partition coefficient (Wildman–Crippen LogP) is 4.18. The molecule has 1 aromatic heterocycles. The summed E-state index contributed by atoms with van der Waals surface area (Å²) in [6, 6.07) is 8.41. The predicted molar refractivity (Wildman–Crippen MR) is 76.5 cm³/mol. The van der Waals surface area contributed by atoms with E-state index in [0.29, 0.717) is 0 Å². The lowest BCUT2D eigenvalue weighted by atomic mass is 10.1. The Bertz CT molecular complexity index is 525. The van der Waals surface area contributed by atoms with Gasteiger partial charge in [0.15, 0.2) is 0 Å². The quantitative estimate of drug-likeness (QED) is 0.773. The van der Waals surface area contributed by atoms with Crippen molar-refractivity contribution in [3.63, 3.8) is 0 Å². The molecule has 0 saturated carbocycles. The van der Waals surface area contributed by atoms with Gasteiger partial charge in [-0.3, -0.25) is 0 Å². The van der Waals surface area contributed by atoms with E-state index in [-0.39, 0.29) is 0 Å². The molecule has 2 nitrogen and oxygen atoms in total. The summed E-state index contributed by atoms with van der Waals surface area (Å²) >= 11 is 0. The molecule has 0 aliphatic rings. The first-order valence-electron chi connectivity index (χ1n) is 6.72. The number of furan rings is 1. The highest BCUT2D eigenvalue weighted by atomic mass is 16.3. The van der Waals surface area contributed by atoms with E-state index >= 15 is 0 Å². The molecule has 0 bridgehead atoms. The van der Waals surface area contributed by atoms with Gasteiger partial charge in [0, 0.05) is 23.6 Å². The lowest BCUT2D eigenvalue weighted by Crippen LogP contribution is -1.83. The molecule has 96 valence electrons. The second kappa shape index (κ2) is 6.29. The molecule has 1 heterocycles. The number of aryl methyl sites for hydroxylation is 1. The molecule has 2 rings (SSSR count). The highest BCUT2D eigenvalue weighted by Crippen LogP contribution is 2.27. The van der Waals surface area contributed by atoms with Crippen molar-refractivity contribution in [2.45, 2.75) is 39.0 Å². The van der Waals surface area contributed by atoms with Crippen LogP contribution in [-0.2, 0) is 12.8 Å². The summed E-state index contributed by atoms with van der Waals surface area (Å²) in [5.74, 6) is 2.15. The van der Waals surface area contributed by atoms with E-state index in [1.165, 1.54) is 30.0 Å². The first kappa shape index (κ1) is 12.7. The summed E-state index contributed by atoms with van der Waals surface area (Å²) < 4.78 is 6.01. The van der Waals surface area contributed by atoms with Gasteiger partial charge in [-0.15, -0.1) is 0 Å². The summed E-state index contributed by atoms with van der Waals surface area (Å²) in [5.41, 5.74) is 5.40. The Labute approximate surface area is 108 Å². The fraction of sp³-hybridized carbons (Fsp3) is 0.375. The van der Waals surface area contributed by atoms with Crippen LogP contribution in [0.1, 0.15) is 37.7 Å². The number of rotatable bonds is 6. The number of hydrogen-bond donors (Lipinski definition) is 1. The maximum absolute atomic E-state index is 6.01. The molecule has 0 aliphatic carbocycles. The van der Waals surface area contributed by atoms with Crippen LogP contribution < -0.4 is 5.73 Å². The summed E-state index contributed by atoms with van der Waals surface area (Å²) in [6.07, 6.45) is 9.00. The van der Waals surface area contributed by atoms with Crippen LogP contribution >= 0.6 is 0 Å². The van der Waals surface area contributed by atoms with Gasteiger partial charge in [0.1, 0.15) is 11.5 Å². The summed E-state index contributed by atoms with van der Waals surface area (Å²) in [6.45, 7) is 2.22. The zero-order valence-electron chi connectivity index (χ0n) is 11.0. The molecular weight excluding hydrogens is 222 g/mol. The zero-order chi connectivity index (χ0) is 12.8. The number of allylic oxidation sites excluding steroid dienone is 1. The Balaban J connectivity index is 2.28. The third-order valence-corrected chi connectivity index (χ3v) is 3.22. The maximum Gasteiger partial charge on any atom is 0.115 e. The molecule has 18 heavy (non-hydrogen) atoms. The molecule has 0 saturated heterocycles. The Morgan fingerprint density at radius 3 is 2.50 bits per heavy atom. The molecule has 0 aliphatic heterocycles. The van der Waals surface area contributed by atoms with Gasteiger partial charge in [0.25, 0.3) is 0 Å². The molecule has 0 spiro atoms. The average molecular weight is 243 g/mol. The van der Waals surface area contributed by atoms with Gasteiger partial charge < -0.3 is 10.2 Å². The van der Waals surface area contributed by atoms with E-state index < -0.39 is 0 Å². The smallest absolute Gasteiger partial charge is 0.115 e. The molecule has 2 N–H and O–H groups in total. The molecule has 1 aromatic carbocycles. The Morgan fingerprint density at radius 2 is 1.83 bits per heavy atom. The number of benzene rings is 1. The van der Waals surface area contributed by atoms with Crippen LogP contribution in [0, 0.1) is 0 Å². The number of unbranched alkanes of at least 4 members (excludes halogenated alkanes) is 2. The summed E-state index contributed by atoms with van der Waals surface area (Å²) in [7, 11) is 0. The zero-order valence-corrected chi connectivity index (χ0v) is 11.0. The third kappa shape index (κ3) is 2.76. The molecule has 0 fully saturated rings. The van der Waals surface area contributed by atoms with E-state index in [4.69, 9.17) is 10.2 Å². The van der Waals surface area contributed by atoms with Crippen LogP contribution in [0.25, 0.3) is 10.8 Å². The lowest BCUT2D eigenvalue weighted by molar-refractivity contribution is 0.471. The second-order valence-corrected chi connectivity index (χ2v) is 4.58. The highest BCUT2D eigenvalue weighted by Gasteiger charge is 2.11. The third-order valence-electron chi connectivity index (χ3n) is 3.22. The van der Waals surface area contributed by atoms with Gasteiger partial charge in [-0.25, -0.2) is 0 Å². The van der Waals surface area contributed by atoms with Crippen LogP contribution in [0.4, 0.5) is 0 Å². The first-order valence-corrected chi connectivity index (χ1v) is 6.72. The minimum absolute atomic E-state index is 0.769. The largest absolute Gasteiger partial charge is 0.464 e. The standard InChI is InChI=1S/C16H21NO/c1-2-3-4-10-15-13-8-5-6-9-14(13)16(18-15)11-7-12-17/h5-9,12H,2-4,10-11,17H2,1H3. The minimum Gasteiger partial charge on any atom is -0.464 e. The van der Waals surface area contributed by atoms with Crippen molar-refractivity contribution in [3.8, 4) is 0 Å². The first-order chi connectivity index (χ1) is 8.86. The average Bonchev–Trinajstić information content (AvgIpc) is 2.76. The molecular formula is C16H21NO. The molecule has 0 unspecified atom stereocenters. The van der Waals surface area contributed by atoms with Crippen LogP contribution in [0.5, 0.6) is 0 Å². The minimum atomic E-state index is 0.769. The number of nitrogens with two attached hydrogens (primary N) is 1. The van der Waals surface area contributed by atoms with E-state index in [9.17, 15) is 0 Å². The van der Waals surface area contributed by atoms with Crippen molar-refractivity contribution in [3.05, 3.63) is 48.1 Å². The second-order valence-electron chi connectivity index (χ2n) is 4.58. The van der Waals surface area contributed by atoms with Crippen LogP contribution in [0.2, 0.25) is 0 Å². The van der Waals surface area contributed by atoms with Gasteiger partial charge >= 0.3 is 0 Å². The molecule has 2 aromatic rings. The topological polar surface area (TPSA) is 39.2 Å². The summed E-state index contributed by atoms with van der Waals surface area (Å²) in [5, 5.41) is 2.48. The SMILES string of the molecule is CCCCCc1oc(CC=CN)c2ccccc12. The molecule has 2 heteroatoms. The normalized spacial score (nSPS) is 11.6. The van der Waals surface area contributed by atoms with Crippen LogP contribution in [0.3, 0.4) is 0 Å². The van der Waals surface area contributed by atoms with Crippen molar-refractivity contribution in [1.82, 2.24) is 0 Å². The Kier molecular flexibility index (Phi) is 4.46. The lowest BCUT2D eigenvalue weighted by Gasteiger charge is -1.96. The van der Waals surface area contributed by atoms with E-state index in [0.717, 1.165) is 24.4 Å². The van der Waals surface area contributed by atoms with E-state index in [2.05, 4.69) is 31.2 Å². The summed E-state index contributed by atoms with van der Waals surface area (Å²) in [4.78, 5) is 0. The van der Waals surface area contributed by atoms with Crippen molar-refractivity contribution >= 4 is 10.8 Å². The fourth-order valence-electron chi connectivity index (χ4n) is 2.28. The molecule has 0 radical (unpaired) electrons. The van der Waals surface area contributed by atoms with Crippen molar-refractivity contribution in [1.29, 1.82) is 0 Å². The van der Waals surface area contributed by atoms with Gasteiger partial charge in [0.2, 0.25) is 0 Å². The van der Waals surface area contributed by atoms with Crippen molar-refractivity contribution in [2.24, 2.45) is 5.73 Å². The van der Waals surface area contributed by atoms with Gasteiger partial charge in [-0.2, -0.15) is 0 Å². The Hall–Kier alpha value is -1.70. The van der Waals surface area contributed by atoms with Crippen LogP contribution in [-0.4, -0.2) is 0 Å². The van der Waals surface area contributed by atoms with Crippen LogP contribution in [0.15, 0.2) is 41.0 Å². The number of hydrogen-bond acceptors (Lipinski definition) is 2. The Morgan fingerprint density at radius 1 is 1.11 bits per heavy atom. The number of fused-ring (bicyclic) bond motifs is 1. The molecule has 0 amide bonds. The van der Waals surface area contributed by atoms with Gasteiger partial charge in [-0.1, -0.05) is 50.1 Å². The van der Waals surface area contributed by atoms with Crippen molar-refractivity contribution < 1.29 is 4.42 Å². The maximum atomic E-state index is 6.01. The van der Waals surface area contributed by atoms with E-state index in [1.54, 1.807) is 6.20 Å². The fourth-order valence-corrected chi connectivity index (χ4v) is 2.28.